The first-order valence-corrected chi connectivity index (χ1v) is 6.29. The second-order valence-electron chi connectivity index (χ2n) is 4.65. The molecule has 1 atom stereocenters. The standard InChI is InChI=1S/C14H15N3O3/c1-8(12-3-2-4-19-12)16-10-6-11-13(5-9(10)15)20-7-14(18)17-11/h2-6,8,16H,7,15H2,1H3,(H,17,18). The predicted octanol–water partition coefficient (Wildman–Crippen LogP) is 2.37. The number of anilines is 3. The molecule has 3 rings (SSSR count). The lowest BCUT2D eigenvalue weighted by molar-refractivity contribution is -0.118. The normalized spacial score (nSPS) is 14.9. The molecule has 1 aromatic carbocycles. The summed E-state index contributed by atoms with van der Waals surface area (Å²) in [6, 6.07) is 7.15. The van der Waals surface area contributed by atoms with Crippen LogP contribution in [0.15, 0.2) is 34.9 Å². The number of rotatable bonds is 3. The first-order chi connectivity index (χ1) is 9.63. The van der Waals surface area contributed by atoms with Crippen molar-refractivity contribution >= 4 is 23.0 Å². The van der Waals surface area contributed by atoms with Crippen LogP contribution in [0.4, 0.5) is 17.1 Å². The molecule has 0 bridgehead atoms. The van der Waals surface area contributed by atoms with Gasteiger partial charge in [-0.3, -0.25) is 4.79 Å². The van der Waals surface area contributed by atoms with Gasteiger partial charge in [0, 0.05) is 6.07 Å². The molecule has 1 unspecified atom stereocenters. The molecule has 20 heavy (non-hydrogen) atoms. The maximum Gasteiger partial charge on any atom is 0.262 e. The number of carbonyl (C=O) groups excluding carboxylic acids is 1. The average Bonchev–Trinajstić information content (AvgIpc) is 2.94. The topological polar surface area (TPSA) is 89.5 Å². The van der Waals surface area contributed by atoms with Crippen LogP contribution in [0.25, 0.3) is 0 Å². The fraction of sp³-hybridized carbons (Fsp3) is 0.214. The summed E-state index contributed by atoms with van der Waals surface area (Å²) < 4.78 is 10.6. The van der Waals surface area contributed by atoms with E-state index in [9.17, 15) is 4.79 Å². The van der Waals surface area contributed by atoms with Crippen LogP contribution in [0.5, 0.6) is 5.75 Å². The summed E-state index contributed by atoms with van der Waals surface area (Å²) in [6.45, 7) is 1.98. The summed E-state index contributed by atoms with van der Waals surface area (Å²) in [5, 5.41) is 6.00. The Morgan fingerprint density at radius 3 is 3.05 bits per heavy atom. The van der Waals surface area contributed by atoms with Gasteiger partial charge in [-0.25, -0.2) is 0 Å². The van der Waals surface area contributed by atoms with E-state index in [4.69, 9.17) is 14.9 Å². The number of hydrogen-bond donors (Lipinski definition) is 3. The van der Waals surface area contributed by atoms with Crippen LogP contribution >= 0.6 is 0 Å². The quantitative estimate of drug-likeness (QED) is 0.747. The van der Waals surface area contributed by atoms with E-state index in [-0.39, 0.29) is 18.6 Å². The molecule has 0 saturated carbocycles. The average molecular weight is 273 g/mol. The highest BCUT2D eigenvalue weighted by Gasteiger charge is 2.19. The Morgan fingerprint density at radius 2 is 2.30 bits per heavy atom. The summed E-state index contributed by atoms with van der Waals surface area (Å²) >= 11 is 0. The molecule has 0 radical (unpaired) electrons. The van der Waals surface area contributed by atoms with Crippen molar-refractivity contribution in [2.24, 2.45) is 0 Å². The molecule has 0 spiro atoms. The number of nitrogens with two attached hydrogens (primary N) is 1. The molecule has 0 fully saturated rings. The molecule has 2 heterocycles. The van der Waals surface area contributed by atoms with Gasteiger partial charge in [0.1, 0.15) is 11.5 Å². The minimum atomic E-state index is -0.174. The molecule has 104 valence electrons. The molecule has 1 aromatic heterocycles. The number of ether oxygens (including phenoxy) is 1. The molecule has 1 amide bonds. The van der Waals surface area contributed by atoms with E-state index < -0.39 is 0 Å². The zero-order valence-corrected chi connectivity index (χ0v) is 11.0. The first-order valence-electron chi connectivity index (χ1n) is 6.29. The largest absolute Gasteiger partial charge is 0.482 e. The number of benzene rings is 1. The van der Waals surface area contributed by atoms with Crippen molar-refractivity contribution in [3.8, 4) is 5.75 Å². The van der Waals surface area contributed by atoms with Crippen molar-refractivity contribution in [2.75, 3.05) is 23.0 Å². The molecular formula is C14H15N3O3. The third-order valence-corrected chi connectivity index (χ3v) is 3.13. The van der Waals surface area contributed by atoms with E-state index in [0.29, 0.717) is 17.1 Å². The van der Waals surface area contributed by atoms with E-state index in [1.807, 2.05) is 19.1 Å². The summed E-state index contributed by atoms with van der Waals surface area (Å²) in [5.74, 6) is 1.22. The highest BCUT2D eigenvalue weighted by Crippen LogP contribution is 2.36. The second kappa shape index (κ2) is 4.80. The van der Waals surface area contributed by atoms with Crippen molar-refractivity contribution < 1.29 is 13.9 Å². The number of amides is 1. The maximum atomic E-state index is 11.3. The smallest absolute Gasteiger partial charge is 0.262 e. The van der Waals surface area contributed by atoms with E-state index >= 15 is 0 Å². The Bertz CT molecular complexity index is 637. The number of hydrogen-bond acceptors (Lipinski definition) is 5. The summed E-state index contributed by atoms with van der Waals surface area (Å²) in [4.78, 5) is 11.3. The Labute approximate surface area is 115 Å². The second-order valence-corrected chi connectivity index (χ2v) is 4.65. The Hall–Kier alpha value is -2.63. The first kappa shape index (κ1) is 12.4. The number of fused-ring (bicyclic) bond motifs is 1. The third-order valence-electron chi connectivity index (χ3n) is 3.13. The van der Waals surface area contributed by atoms with Crippen molar-refractivity contribution in [3.63, 3.8) is 0 Å². The van der Waals surface area contributed by atoms with Gasteiger partial charge in [0.2, 0.25) is 0 Å². The molecule has 2 aromatic rings. The van der Waals surface area contributed by atoms with Crippen LogP contribution in [0.3, 0.4) is 0 Å². The van der Waals surface area contributed by atoms with Gasteiger partial charge in [-0.2, -0.15) is 0 Å². The number of furan rings is 1. The minimum Gasteiger partial charge on any atom is -0.482 e. The zero-order chi connectivity index (χ0) is 14.1. The van der Waals surface area contributed by atoms with E-state index in [0.717, 1.165) is 11.4 Å². The van der Waals surface area contributed by atoms with E-state index in [1.165, 1.54) is 0 Å². The fourth-order valence-electron chi connectivity index (χ4n) is 2.11. The Kier molecular flexibility index (Phi) is 2.98. The summed E-state index contributed by atoms with van der Waals surface area (Å²) in [5.41, 5.74) is 7.89. The SMILES string of the molecule is CC(Nc1cc2c(cc1N)OCC(=O)N2)c1ccco1. The summed E-state index contributed by atoms with van der Waals surface area (Å²) in [6.07, 6.45) is 1.62. The third kappa shape index (κ3) is 2.27. The lowest BCUT2D eigenvalue weighted by Crippen LogP contribution is -2.25. The van der Waals surface area contributed by atoms with Crippen LogP contribution in [-0.2, 0) is 4.79 Å². The molecule has 4 N–H and O–H groups in total. The monoisotopic (exact) mass is 273 g/mol. The highest BCUT2D eigenvalue weighted by atomic mass is 16.5. The fourth-order valence-corrected chi connectivity index (χ4v) is 2.11. The Morgan fingerprint density at radius 1 is 1.45 bits per heavy atom. The molecule has 6 heteroatoms. The predicted molar refractivity (Wildman–Crippen MR) is 75.7 cm³/mol. The van der Waals surface area contributed by atoms with Crippen LogP contribution < -0.4 is 21.1 Å². The molecule has 6 nitrogen and oxygen atoms in total. The van der Waals surface area contributed by atoms with Gasteiger partial charge in [0.15, 0.2) is 6.61 Å². The van der Waals surface area contributed by atoms with Gasteiger partial charge in [-0.15, -0.1) is 0 Å². The van der Waals surface area contributed by atoms with Crippen molar-refractivity contribution in [1.82, 2.24) is 0 Å². The minimum absolute atomic E-state index is 0.0159. The van der Waals surface area contributed by atoms with Gasteiger partial charge in [0.25, 0.3) is 5.91 Å². The van der Waals surface area contributed by atoms with E-state index in [1.54, 1.807) is 18.4 Å². The highest BCUT2D eigenvalue weighted by molar-refractivity contribution is 5.97. The van der Waals surface area contributed by atoms with Crippen molar-refractivity contribution in [1.29, 1.82) is 0 Å². The number of nitrogen functional groups attached to an aromatic ring is 1. The molecule has 1 aliphatic heterocycles. The van der Waals surface area contributed by atoms with Crippen LogP contribution in [0.2, 0.25) is 0 Å². The molecular weight excluding hydrogens is 258 g/mol. The van der Waals surface area contributed by atoms with Crippen LogP contribution in [0, 0.1) is 0 Å². The van der Waals surface area contributed by atoms with Gasteiger partial charge in [0.05, 0.1) is 29.4 Å². The van der Waals surface area contributed by atoms with Crippen LogP contribution in [0.1, 0.15) is 18.7 Å². The maximum absolute atomic E-state index is 11.3. The van der Waals surface area contributed by atoms with Gasteiger partial charge >= 0.3 is 0 Å². The van der Waals surface area contributed by atoms with E-state index in [2.05, 4.69) is 10.6 Å². The van der Waals surface area contributed by atoms with Crippen LogP contribution in [-0.4, -0.2) is 12.5 Å². The molecule has 0 aliphatic carbocycles. The number of nitrogens with one attached hydrogen (secondary N) is 2. The van der Waals surface area contributed by atoms with Crippen molar-refractivity contribution in [3.05, 3.63) is 36.3 Å². The molecule has 0 saturated heterocycles. The van der Waals surface area contributed by atoms with Crippen molar-refractivity contribution in [2.45, 2.75) is 13.0 Å². The van der Waals surface area contributed by atoms with Gasteiger partial charge < -0.3 is 25.5 Å². The zero-order valence-electron chi connectivity index (χ0n) is 11.0. The van der Waals surface area contributed by atoms with Gasteiger partial charge in [-0.05, 0) is 25.1 Å². The molecule has 1 aliphatic rings. The Balaban J connectivity index is 1.86. The summed E-state index contributed by atoms with van der Waals surface area (Å²) in [7, 11) is 0. The lowest BCUT2D eigenvalue weighted by atomic mass is 10.1. The number of carbonyl (C=O) groups is 1. The van der Waals surface area contributed by atoms with Gasteiger partial charge in [-0.1, -0.05) is 0 Å². The lowest BCUT2D eigenvalue weighted by Gasteiger charge is -2.21.